The lowest BCUT2D eigenvalue weighted by Gasteiger charge is -2.03. The molecule has 0 N–H and O–H groups in total. The molecule has 0 saturated carbocycles. The summed E-state index contributed by atoms with van der Waals surface area (Å²) >= 11 is 0. The first kappa shape index (κ1) is 21.3. The molecule has 0 radical (unpaired) electrons. The Bertz CT molecular complexity index is 395. The maximum absolute atomic E-state index is 2.38. The number of hydrogen-bond donors (Lipinski definition) is 0. The van der Waals surface area contributed by atoms with Gasteiger partial charge in [0.05, 0.1) is 13.6 Å². The van der Waals surface area contributed by atoms with Crippen molar-refractivity contribution in [1.29, 1.82) is 0 Å². The van der Waals surface area contributed by atoms with Crippen LogP contribution in [0.2, 0.25) is 0 Å². The van der Waals surface area contributed by atoms with Gasteiger partial charge < -0.3 is 0 Å². The Labute approximate surface area is 151 Å². The van der Waals surface area contributed by atoms with Gasteiger partial charge in [-0.1, -0.05) is 90.4 Å². The van der Waals surface area contributed by atoms with E-state index in [1.807, 2.05) is 0 Å². The summed E-state index contributed by atoms with van der Waals surface area (Å²) in [4.78, 5) is 0. The van der Waals surface area contributed by atoms with Crippen molar-refractivity contribution in [3.8, 4) is 0 Å². The molecule has 140 valence electrons. The average Bonchev–Trinajstić information content (AvgIpc) is 2.95. The molecule has 1 aromatic heterocycles. The smallest absolute Gasteiger partial charge is 0.237 e. The second-order valence-electron chi connectivity index (χ2n) is 7.46. The molecule has 0 aliphatic rings. The van der Waals surface area contributed by atoms with E-state index in [0.717, 1.165) is 6.54 Å². The zero-order chi connectivity index (χ0) is 17.5. The highest BCUT2D eigenvalue weighted by molar-refractivity contribution is 4.83. The van der Waals surface area contributed by atoms with Crippen LogP contribution in [-0.2, 0) is 20.0 Å². The van der Waals surface area contributed by atoms with E-state index in [9.17, 15) is 0 Å². The molecule has 2 heteroatoms. The molecule has 0 saturated heterocycles. The van der Waals surface area contributed by atoms with Crippen molar-refractivity contribution in [3.63, 3.8) is 0 Å². The van der Waals surface area contributed by atoms with Gasteiger partial charge in [0.1, 0.15) is 12.4 Å². The van der Waals surface area contributed by atoms with Crippen LogP contribution in [0.25, 0.3) is 0 Å². The number of imidazole rings is 1. The van der Waals surface area contributed by atoms with Gasteiger partial charge in [-0.15, -0.1) is 0 Å². The Morgan fingerprint density at radius 1 is 0.708 bits per heavy atom. The van der Waals surface area contributed by atoms with E-state index in [0.29, 0.717) is 0 Å². The normalized spacial score (nSPS) is 11.3. The maximum atomic E-state index is 2.38. The van der Waals surface area contributed by atoms with Crippen LogP contribution in [0.5, 0.6) is 0 Å². The fourth-order valence-electron chi connectivity index (χ4n) is 3.64. The summed E-state index contributed by atoms with van der Waals surface area (Å²) < 4.78 is 4.66. The van der Waals surface area contributed by atoms with Crippen LogP contribution in [0.1, 0.15) is 110 Å². The van der Waals surface area contributed by atoms with Crippen molar-refractivity contribution >= 4 is 0 Å². The van der Waals surface area contributed by atoms with Gasteiger partial charge in [-0.3, -0.25) is 0 Å². The van der Waals surface area contributed by atoms with Crippen molar-refractivity contribution in [1.82, 2.24) is 4.57 Å². The average molecular weight is 336 g/mol. The Morgan fingerprint density at radius 3 is 1.62 bits per heavy atom. The van der Waals surface area contributed by atoms with Crippen LogP contribution >= 0.6 is 0 Å². The number of rotatable bonds is 16. The lowest BCUT2D eigenvalue weighted by Crippen LogP contribution is -2.32. The van der Waals surface area contributed by atoms with Crippen molar-refractivity contribution in [2.24, 2.45) is 7.05 Å². The molecular formula is C22H43N2+. The van der Waals surface area contributed by atoms with Gasteiger partial charge in [0.25, 0.3) is 5.82 Å². The van der Waals surface area contributed by atoms with Crippen LogP contribution in [0.3, 0.4) is 0 Å². The highest BCUT2D eigenvalue weighted by Crippen LogP contribution is 2.13. The maximum Gasteiger partial charge on any atom is 0.256 e. The van der Waals surface area contributed by atoms with Gasteiger partial charge in [-0.2, -0.15) is 0 Å². The quantitative estimate of drug-likeness (QED) is 0.246. The predicted molar refractivity (Wildman–Crippen MR) is 105 cm³/mol. The molecule has 2 nitrogen and oxygen atoms in total. The van der Waals surface area contributed by atoms with Gasteiger partial charge in [0, 0.05) is 6.42 Å². The predicted octanol–water partition coefficient (Wildman–Crippen LogP) is 6.36. The number of hydrogen-bond acceptors (Lipinski definition) is 0. The van der Waals surface area contributed by atoms with E-state index in [-0.39, 0.29) is 0 Å². The molecule has 1 aromatic rings. The summed E-state index contributed by atoms with van der Waals surface area (Å²) in [5, 5.41) is 0. The summed E-state index contributed by atoms with van der Waals surface area (Å²) in [5.74, 6) is 1.48. The van der Waals surface area contributed by atoms with Crippen molar-refractivity contribution in [3.05, 3.63) is 18.2 Å². The Hall–Kier alpha value is -0.790. The van der Waals surface area contributed by atoms with Gasteiger partial charge in [-0.05, 0) is 13.3 Å². The zero-order valence-electron chi connectivity index (χ0n) is 16.9. The molecule has 0 atom stereocenters. The Morgan fingerprint density at radius 2 is 1.17 bits per heavy atom. The van der Waals surface area contributed by atoms with E-state index in [2.05, 4.69) is 42.4 Å². The number of aromatic nitrogens is 2. The van der Waals surface area contributed by atoms with Crippen LogP contribution < -0.4 is 4.57 Å². The lowest BCUT2D eigenvalue weighted by molar-refractivity contribution is -0.678. The Kier molecular flexibility index (Phi) is 12.9. The van der Waals surface area contributed by atoms with E-state index in [1.54, 1.807) is 0 Å². The van der Waals surface area contributed by atoms with E-state index in [1.165, 1.54) is 102 Å². The third-order valence-electron chi connectivity index (χ3n) is 5.30. The first-order chi connectivity index (χ1) is 11.8. The molecule has 0 unspecified atom stereocenters. The highest BCUT2D eigenvalue weighted by Gasteiger charge is 2.11. The second kappa shape index (κ2) is 14.5. The molecule has 0 fully saturated rings. The minimum absolute atomic E-state index is 1.09. The molecule has 1 heterocycles. The molecule has 0 amide bonds. The van der Waals surface area contributed by atoms with Crippen LogP contribution in [0, 0.1) is 0 Å². The molecule has 0 aliphatic heterocycles. The van der Waals surface area contributed by atoms with Crippen LogP contribution in [0.4, 0.5) is 0 Å². The summed E-state index contributed by atoms with van der Waals surface area (Å²) in [6.45, 7) is 5.62. The number of unbranched alkanes of at least 4 members (excludes halogenated alkanes) is 13. The van der Waals surface area contributed by atoms with Crippen molar-refractivity contribution in [2.45, 2.75) is 117 Å². The monoisotopic (exact) mass is 335 g/mol. The summed E-state index contributed by atoms with van der Waals surface area (Å²) in [6, 6.07) is 0. The molecule has 0 aromatic carbocycles. The second-order valence-corrected chi connectivity index (χ2v) is 7.46. The minimum atomic E-state index is 1.09. The minimum Gasteiger partial charge on any atom is -0.237 e. The largest absolute Gasteiger partial charge is 0.256 e. The third-order valence-corrected chi connectivity index (χ3v) is 5.30. The summed E-state index contributed by atoms with van der Waals surface area (Å²) in [7, 11) is 2.17. The molecule has 0 bridgehead atoms. The molecule has 1 rings (SSSR count). The molecular weight excluding hydrogens is 292 g/mol. The molecule has 0 aliphatic carbocycles. The third kappa shape index (κ3) is 9.49. The van der Waals surface area contributed by atoms with Crippen molar-refractivity contribution in [2.75, 3.05) is 0 Å². The van der Waals surface area contributed by atoms with Gasteiger partial charge in [-0.25, -0.2) is 9.13 Å². The topological polar surface area (TPSA) is 8.81 Å². The van der Waals surface area contributed by atoms with Crippen molar-refractivity contribution < 1.29 is 4.57 Å². The van der Waals surface area contributed by atoms with Crippen LogP contribution in [-0.4, -0.2) is 4.57 Å². The standard InChI is InChI=1S/C22H43N2/c1-4-6-7-8-9-10-11-12-13-14-15-16-17-18-19-22-23(3)20-21-24(22)5-2/h20-21H,4-19H2,1-3H3/q+1. The van der Waals surface area contributed by atoms with Crippen LogP contribution in [0.15, 0.2) is 12.4 Å². The number of nitrogens with zero attached hydrogens (tertiary/aromatic N) is 2. The molecule has 24 heavy (non-hydrogen) atoms. The molecule has 0 spiro atoms. The van der Waals surface area contributed by atoms with E-state index < -0.39 is 0 Å². The summed E-state index contributed by atoms with van der Waals surface area (Å²) in [5.41, 5.74) is 0. The number of aryl methyl sites for hydroxylation is 2. The first-order valence-electron chi connectivity index (χ1n) is 10.8. The van der Waals surface area contributed by atoms with Gasteiger partial charge in [0.2, 0.25) is 0 Å². The van der Waals surface area contributed by atoms with E-state index in [4.69, 9.17) is 0 Å². The fourth-order valence-corrected chi connectivity index (χ4v) is 3.64. The van der Waals surface area contributed by atoms with Gasteiger partial charge >= 0.3 is 0 Å². The fraction of sp³-hybridized carbons (Fsp3) is 0.864. The summed E-state index contributed by atoms with van der Waals surface area (Å²) in [6.07, 6.45) is 25.7. The highest BCUT2D eigenvalue weighted by atomic mass is 15.1. The van der Waals surface area contributed by atoms with E-state index >= 15 is 0 Å². The Balaban J connectivity index is 1.85. The SMILES string of the molecule is CCCCCCCCCCCCCCCCc1n(CC)cc[n+]1C. The zero-order valence-corrected chi connectivity index (χ0v) is 16.9. The lowest BCUT2D eigenvalue weighted by atomic mass is 10.0. The van der Waals surface area contributed by atoms with Gasteiger partial charge in [0.15, 0.2) is 0 Å². The first-order valence-corrected chi connectivity index (χ1v) is 10.8.